The molecule has 0 radical (unpaired) electrons. The van der Waals surface area contributed by atoms with Crippen molar-refractivity contribution < 1.29 is 13.7 Å². The standard InChI is InChI=1S/C22H20N4O3S/c27-20(8-3-7-19-24-22(25-29-19)16-5-1-2-11-23-16)26-12-9-18-15(10-14-30-18)21(26)17-6-4-13-28-17/h1-2,4-6,10-11,13-14,21H,3,7-9,12H2/t21-/m1/s1. The number of pyridine rings is 1. The SMILES string of the molecule is O=C(CCCc1nc(-c2ccccn2)no1)N1CCc2sccc2[C@@H]1c1ccco1. The Morgan fingerprint density at radius 1 is 1.23 bits per heavy atom. The molecule has 1 atom stereocenters. The van der Waals surface area contributed by atoms with Crippen LogP contribution in [0.2, 0.25) is 0 Å². The molecular formula is C22H20N4O3S. The van der Waals surface area contributed by atoms with Crippen LogP contribution in [0.25, 0.3) is 11.5 Å². The first-order valence-corrected chi connectivity index (χ1v) is 10.8. The van der Waals surface area contributed by atoms with E-state index < -0.39 is 0 Å². The number of thiophene rings is 1. The van der Waals surface area contributed by atoms with Gasteiger partial charge in [0, 0.05) is 30.5 Å². The minimum atomic E-state index is -0.151. The molecule has 0 saturated carbocycles. The molecule has 5 rings (SSSR count). The summed E-state index contributed by atoms with van der Waals surface area (Å²) in [5.41, 5.74) is 1.84. The van der Waals surface area contributed by atoms with Crippen molar-refractivity contribution in [2.45, 2.75) is 31.7 Å². The van der Waals surface area contributed by atoms with Crippen molar-refractivity contribution in [3.05, 3.63) is 76.3 Å². The lowest BCUT2D eigenvalue weighted by atomic mass is 9.97. The molecule has 0 fully saturated rings. The van der Waals surface area contributed by atoms with E-state index in [4.69, 9.17) is 8.94 Å². The molecule has 30 heavy (non-hydrogen) atoms. The van der Waals surface area contributed by atoms with Crippen LogP contribution < -0.4 is 0 Å². The van der Waals surface area contributed by atoms with Crippen LogP contribution in [-0.4, -0.2) is 32.5 Å². The highest BCUT2D eigenvalue weighted by Crippen LogP contribution is 2.38. The van der Waals surface area contributed by atoms with Crippen LogP contribution in [0.5, 0.6) is 0 Å². The average molecular weight is 420 g/mol. The normalized spacial score (nSPS) is 15.9. The van der Waals surface area contributed by atoms with Crippen molar-refractivity contribution >= 4 is 17.2 Å². The van der Waals surface area contributed by atoms with Gasteiger partial charge in [-0.3, -0.25) is 9.78 Å². The largest absolute Gasteiger partial charge is 0.467 e. The summed E-state index contributed by atoms with van der Waals surface area (Å²) >= 11 is 1.74. The molecule has 0 spiro atoms. The quantitative estimate of drug-likeness (QED) is 0.463. The summed E-state index contributed by atoms with van der Waals surface area (Å²) in [7, 11) is 0. The van der Waals surface area contributed by atoms with Crippen LogP contribution in [-0.2, 0) is 17.6 Å². The van der Waals surface area contributed by atoms with E-state index in [2.05, 4.69) is 26.6 Å². The van der Waals surface area contributed by atoms with Gasteiger partial charge in [0.05, 0.1) is 6.26 Å². The maximum Gasteiger partial charge on any atom is 0.227 e. The maximum atomic E-state index is 13.1. The molecule has 4 aromatic heterocycles. The highest BCUT2D eigenvalue weighted by atomic mass is 32.1. The van der Waals surface area contributed by atoms with Crippen molar-refractivity contribution in [3.8, 4) is 11.5 Å². The fourth-order valence-electron chi connectivity index (χ4n) is 3.83. The van der Waals surface area contributed by atoms with E-state index >= 15 is 0 Å². The summed E-state index contributed by atoms with van der Waals surface area (Å²) in [6.45, 7) is 0.697. The summed E-state index contributed by atoms with van der Waals surface area (Å²) in [4.78, 5) is 24.9. The molecule has 1 aliphatic heterocycles. The zero-order valence-electron chi connectivity index (χ0n) is 16.2. The van der Waals surface area contributed by atoms with Crippen LogP contribution in [0.1, 0.15) is 41.0 Å². The van der Waals surface area contributed by atoms with Gasteiger partial charge in [-0.05, 0) is 54.1 Å². The zero-order valence-corrected chi connectivity index (χ0v) is 17.0. The molecule has 152 valence electrons. The highest BCUT2D eigenvalue weighted by Gasteiger charge is 2.34. The first-order valence-electron chi connectivity index (χ1n) is 9.93. The van der Waals surface area contributed by atoms with Crippen LogP contribution >= 0.6 is 11.3 Å². The molecule has 0 unspecified atom stereocenters. The van der Waals surface area contributed by atoms with Crippen molar-refractivity contribution in [1.29, 1.82) is 0 Å². The van der Waals surface area contributed by atoms with Gasteiger partial charge < -0.3 is 13.8 Å². The number of aromatic nitrogens is 3. The van der Waals surface area contributed by atoms with Crippen LogP contribution in [0.15, 0.2) is 63.2 Å². The summed E-state index contributed by atoms with van der Waals surface area (Å²) in [5, 5.41) is 6.07. The lowest BCUT2D eigenvalue weighted by Crippen LogP contribution is -2.39. The van der Waals surface area contributed by atoms with Gasteiger partial charge in [0.1, 0.15) is 17.5 Å². The molecule has 0 aliphatic carbocycles. The number of amides is 1. The molecule has 4 aromatic rings. The smallest absolute Gasteiger partial charge is 0.227 e. The number of hydrogen-bond donors (Lipinski definition) is 0. The van der Waals surface area contributed by atoms with Crippen molar-refractivity contribution in [3.63, 3.8) is 0 Å². The van der Waals surface area contributed by atoms with E-state index in [9.17, 15) is 4.79 Å². The zero-order chi connectivity index (χ0) is 20.3. The second-order valence-corrected chi connectivity index (χ2v) is 8.14. The molecular weight excluding hydrogens is 400 g/mol. The third-order valence-electron chi connectivity index (χ3n) is 5.24. The summed E-state index contributed by atoms with van der Waals surface area (Å²) in [5.74, 6) is 1.90. The third kappa shape index (κ3) is 3.66. The summed E-state index contributed by atoms with van der Waals surface area (Å²) < 4.78 is 11.0. The van der Waals surface area contributed by atoms with Crippen molar-refractivity contribution in [2.24, 2.45) is 0 Å². The molecule has 0 N–H and O–H groups in total. The monoisotopic (exact) mass is 420 g/mol. The Hall–Kier alpha value is -3.26. The van der Waals surface area contributed by atoms with E-state index in [1.807, 2.05) is 35.2 Å². The second kappa shape index (κ2) is 8.23. The fourth-order valence-corrected chi connectivity index (χ4v) is 4.73. The van der Waals surface area contributed by atoms with Crippen LogP contribution in [0.3, 0.4) is 0 Å². The number of nitrogens with zero attached hydrogens (tertiary/aromatic N) is 4. The van der Waals surface area contributed by atoms with Crippen molar-refractivity contribution in [2.75, 3.05) is 6.54 Å². The predicted molar refractivity (Wildman–Crippen MR) is 111 cm³/mol. The number of fused-ring (bicyclic) bond motifs is 1. The predicted octanol–water partition coefficient (Wildman–Crippen LogP) is 4.28. The summed E-state index contributed by atoms with van der Waals surface area (Å²) in [6, 6.07) is 11.3. The van der Waals surface area contributed by atoms with Gasteiger partial charge in [0.2, 0.25) is 17.6 Å². The first kappa shape index (κ1) is 18.7. The number of furan rings is 1. The van der Waals surface area contributed by atoms with Gasteiger partial charge in [-0.25, -0.2) is 0 Å². The van der Waals surface area contributed by atoms with E-state index in [0.717, 1.165) is 12.2 Å². The molecule has 0 saturated heterocycles. The minimum absolute atomic E-state index is 0.109. The number of carbonyl (C=O) groups excluding carboxylic acids is 1. The molecule has 1 amide bonds. The average Bonchev–Trinajstić information content (AvgIpc) is 3.55. The second-order valence-electron chi connectivity index (χ2n) is 7.13. The van der Waals surface area contributed by atoms with Crippen LogP contribution in [0.4, 0.5) is 0 Å². The first-order chi connectivity index (χ1) is 14.8. The van der Waals surface area contributed by atoms with Gasteiger partial charge in [0.25, 0.3) is 0 Å². The van der Waals surface area contributed by atoms with Gasteiger partial charge in [0.15, 0.2) is 0 Å². The Morgan fingerprint density at radius 3 is 3.03 bits per heavy atom. The third-order valence-corrected chi connectivity index (χ3v) is 6.24. The Balaban J connectivity index is 1.24. The molecule has 8 heteroatoms. The van der Waals surface area contributed by atoms with E-state index in [1.54, 1.807) is 23.8 Å². The number of hydrogen-bond acceptors (Lipinski definition) is 7. The maximum absolute atomic E-state index is 13.1. The van der Waals surface area contributed by atoms with Gasteiger partial charge in [-0.15, -0.1) is 11.3 Å². The molecule has 0 aromatic carbocycles. The molecule has 0 bridgehead atoms. The minimum Gasteiger partial charge on any atom is -0.467 e. The lowest BCUT2D eigenvalue weighted by Gasteiger charge is -2.34. The molecule has 5 heterocycles. The van der Waals surface area contributed by atoms with Gasteiger partial charge in [-0.2, -0.15) is 4.98 Å². The van der Waals surface area contributed by atoms with Gasteiger partial charge >= 0.3 is 0 Å². The van der Waals surface area contributed by atoms with E-state index in [1.165, 1.54) is 10.4 Å². The number of carbonyl (C=O) groups is 1. The fraction of sp³-hybridized carbons (Fsp3) is 0.273. The Kier molecular flexibility index (Phi) is 5.15. The Labute approximate surface area is 177 Å². The topological polar surface area (TPSA) is 85.3 Å². The Bertz CT molecular complexity index is 1120. The highest BCUT2D eigenvalue weighted by molar-refractivity contribution is 7.10. The van der Waals surface area contributed by atoms with Crippen molar-refractivity contribution in [1.82, 2.24) is 20.0 Å². The lowest BCUT2D eigenvalue weighted by molar-refractivity contribution is -0.133. The van der Waals surface area contributed by atoms with Crippen LogP contribution in [0, 0.1) is 0 Å². The molecule has 1 aliphatic rings. The number of rotatable bonds is 6. The van der Waals surface area contributed by atoms with Gasteiger partial charge in [-0.1, -0.05) is 11.2 Å². The summed E-state index contributed by atoms with van der Waals surface area (Å²) in [6.07, 6.45) is 5.84. The molecule has 7 nitrogen and oxygen atoms in total. The number of aryl methyl sites for hydroxylation is 1. The van der Waals surface area contributed by atoms with E-state index in [-0.39, 0.29) is 11.9 Å². The van der Waals surface area contributed by atoms with E-state index in [0.29, 0.717) is 43.2 Å². The Morgan fingerprint density at radius 2 is 2.20 bits per heavy atom.